The molecule has 2 rings (SSSR count). The molecular formula is C18H26N2O. The molecule has 0 aromatic heterocycles. The van der Waals surface area contributed by atoms with Gasteiger partial charge in [0.2, 0.25) is 5.90 Å². The molecule has 114 valence electrons. The van der Waals surface area contributed by atoms with Crippen LogP contribution in [-0.2, 0) is 4.74 Å². The molecule has 0 N–H and O–H groups in total. The van der Waals surface area contributed by atoms with E-state index in [-0.39, 0.29) is 0 Å². The van der Waals surface area contributed by atoms with E-state index in [4.69, 9.17) is 9.73 Å². The maximum absolute atomic E-state index is 5.53. The number of nitrogens with zero attached hydrogens (tertiary/aromatic N) is 2. The highest BCUT2D eigenvalue weighted by Crippen LogP contribution is 2.14. The number of aliphatic imine (C=N–C) groups is 1. The Hall–Kier alpha value is -1.61. The van der Waals surface area contributed by atoms with Gasteiger partial charge in [-0.25, -0.2) is 4.99 Å². The van der Waals surface area contributed by atoms with Gasteiger partial charge in [0.15, 0.2) is 0 Å². The van der Waals surface area contributed by atoms with Crippen LogP contribution >= 0.6 is 0 Å². The maximum atomic E-state index is 5.53. The summed E-state index contributed by atoms with van der Waals surface area (Å²) in [6.07, 6.45) is 6.05. The molecule has 1 saturated heterocycles. The van der Waals surface area contributed by atoms with Gasteiger partial charge in [-0.1, -0.05) is 30.7 Å². The van der Waals surface area contributed by atoms with E-state index >= 15 is 0 Å². The van der Waals surface area contributed by atoms with E-state index < -0.39 is 0 Å². The number of rotatable bonds is 4. The maximum Gasteiger partial charge on any atom is 0.220 e. The zero-order chi connectivity index (χ0) is 15.1. The summed E-state index contributed by atoms with van der Waals surface area (Å²) >= 11 is 0. The third-order valence-corrected chi connectivity index (χ3v) is 3.98. The molecule has 1 aliphatic heterocycles. The van der Waals surface area contributed by atoms with Gasteiger partial charge in [-0.3, -0.25) is 4.90 Å². The Morgan fingerprint density at radius 1 is 1.24 bits per heavy atom. The summed E-state index contributed by atoms with van der Waals surface area (Å²) in [5.74, 6) is 0.707. The highest BCUT2D eigenvalue weighted by molar-refractivity contribution is 5.96. The van der Waals surface area contributed by atoms with Crippen LogP contribution in [0, 0.1) is 6.92 Å². The summed E-state index contributed by atoms with van der Waals surface area (Å²) < 4.78 is 5.53. The van der Waals surface area contributed by atoms with Crippen molar-refractivity contribution in [3.8, 4) is 0 Å². The summed E-state index contributed by atoms with van der Waals surface area (Å²) in [5.41, 5.74) is 3.33. The van der Waals surface area contributed by atoms with Gasteiger partial charge in [0.05, 0.1) is 12.8 Å². The second-order valence-electron chi connectivity index (χ2n) is 5.55. The highest BCUT2D eigenvalue weighted by Gasteiger charge is 2.13. The third-order valence-electron chi connectivity index (χ3n) is 3.98. The first-order valence-corrected chi connectivity index (χ1v) is 7.81. The number of hydrogen-bond acceptors (Lipinski definition) is 3. The molecule has 0 unspecified atom stereocenters. The molecule has 0 radical (unpaired) electrons. The van der Waals surface area contributed by atoms with Crippen LogP contribution in [0.1, 0.15) is 37.3 Å². The van der Waals surface area contributed by atoms with Gasteiger partial charge < -0.3 is 4.74 Å². The monoisotopic (exact) mass is 286 g/mol. The lowest BCUT2D eigenvalue weighted by Gasteiger charge is -2.26. The van der Waals surface area contributed by atoms with Crippen LogP contribution in [-0.4, -0.2) is 37.5 Å². The van der Waals surface area contributed by atoms with Gasteiger partial charge >= 0.3 is 0 Å². The Bertz CT molecular complexity index is 514. The summed E-state index contributed by atoms with van der Waals surface area (Å²) in [6.45, 7) is 7.41. The SMILES string of the molecule is C/C=C(CN1CCCCC1)/N=C(\OC)c1ccccc1C. The Morgan fingerprint density at radius 3 is 2.57 bits per heavy atom. The number of methoxy groups -OCH3 is 1. The van der Waals surface area contributed by atoms with Crippen LogP contribution < -0.4 is 0 Å². The van der Waals surface area contributed by atoms with Gasteiger partial charge in [0, 0.05) is 12.1 Å². The first-order valence-electron chi connectivity index (χ1n) is 7.81. The van der Waals surface area contributed by atoms with E-state index in [1.54, 1.807) is 7.11 Å². The molecule has 1 aliphatic rings. The molecule has 1 heterocycles. The molecule has 0 aliphatic carbocycles. The van der Waals surface area contributed by atoms with Crippen LogP contribution in [0.25, 0.3) is 0 Å². The van der Waals surface area contributed by atoms with Crippen molar-refractivity contribution in [2.45, 2.75) is 33.1 Å². The van der Waals surface area contributed by atoms with E-state index in [1.807, 2.05) is 19.1 Å². The molecule has 0 amide bonds. The summed E-state index contributed by atoms with van der Waals surface area (Å²) in [6, 6.07) is 8.21. The molecule has 0 spiro atoms. The molecule has 0 bridgehead atoms. The van der Waals surface area contributed by atoms with E-state index in [0.29, 0.717) is 5.90 Å². The van der Waals surface area contributed by atoms with Crippen molar-refractivity contribution in [1.82, 2.24) is 4.90 Å². The highest BCUT2D eigenvalue weighted by atomic mass is 16.5. The molecule has 1 fully saturated rings. The molecule has 3 nitrogen and oxygen atoms in total. The lowest BCUT2D eigenvalue weighted by molar-refractivity contribution is 0.245. The lowest BCUT2D eigenvalue weighted by Crippen LogP contribution is -2.31. The fraction of sp³-hybridized carbons (Fsp3) is 0.500. The topological polar surface area (TPSA) is 24.8 Å². The Balaban J connectivity index is 2.15. The van der Waals surface area contributed by atoms with Gasteiger partial charge in [-0.15, -0.1) is 0 Å². The zero-order valence-corrected chi connectivity index (χ0v) is 13.4. The molecule has 21 heavy (non-hydrogen) atoms. The summed E-state index contributed by atoms with van der Waals surface area (Å²) in [5, 5.41) is 0. The molecular weight excluding hydrogens is 260 g/mol. The predicted molar refractivity (Wildman–Crippen MR) is 88.8 cm³/mol. The number of ether oxygens (including phenoxy) is 1. The molecule has 1 aromatic rings. The van der Waals surface area contributed by atoms with Crippen molar-refractivity contribution >= 4 is 5.90 Å². The molecule has 3 heteroatoms. The number of benzene rings is 1. The van der Waals surface area contributed by atoms with E-state index in [0.717, 1.165) is 17.8 Å². The van der Waals surface area contributed by atoms with Crippen molar-refractivity contribution in [2.24, 2.45) is 4.99 Å². The van der Waals surface area contributed by atoms with Gasteiger partial charge in [-0.05, 0) is 51.4 Å². The number of piperidine rings is 1. The number of likely N-dealkylation sites (tertiary alicyclic amines) is 1. The average Bonchev–Trinajstić information content (AvgIpc) is 2.53. The van der Waals surface area contributed by atoms with Crippen LogP contribution in [0.4, 0.5) is 0 Å². The molecule has 1 aromatic carbocycles. The van der Waals surface area contributed by atoms with Crippen LogP contribution in [0.5, 0.6) is 0 Å². The van der Waals surface area contributed by atoms with Crippen molar-refractivity contribution in [1.29, 1.82) is 0 Å². The summed E-state index contributed by atoms with van der Waals surface area (Å²) in [7, 11) is 1.69. The minimum atomic E-state index is 0.707. The minimum Gasteiger partial charge on any atom is -0.481 e. The van der Waals surface area contributed by atoms with Crippen molar-refractivity contribution in [2.75, 3.05) is 26.7 Å². The van der Waals surface area contributed by atoms with Gasteiger partial charge in [0.25, 0.3) is 0 Å². The lowest BCUT2D eigenvalue weighted by atomic mass is 10.1. The zero-order valence-electron chi connectivity index (χ0n) is 13.4. The number of allylic oxidation sites excluding steroid dienone is 1. The second kappa shape index (κ2) is 7.99. The molecule has 0 saturated carbocycles. The third kappa shape index (κ3) is 4.43. The van der Waals surface area contributed by atoms with E-state index in [9.17, 15) is 0 Å². The fourth-order valence-corrected chi connectivity index (χ4v) is 2.70. The Kier molecular flexibility index (Phi) is 6.00. The first-order chi connectivity index (χ1) is 10.2. The van der Waals surface area contributed by atoms with Crippen molar-refractivity contribution < 1.29 is 4.74 Å². The largest absolute Gasteiger partial charge is 0.481 e. The normalized spacial score (nSPS) is 17.9. The van der Waals surface area contributed by atoms with Crippen molar-refractivity contribution in [3.63, 3.8) is 0 Å². The van der Waals surface area contributed by atoms with Gasteiger partial charge in [-0.2, -0.15) is 0 Å². The smallest absolute Gasteiger partial charge is 0.220 e. The average molecular weight is 286 g/mol. The Morgan fingerprint density at radius 2 is 1.95 bits per heavy atom. The van der Waals surface area contributed by atoms with Gasteiger partial charge in [0.1, 0.15) is 0 Å². The quantitative estimate of drug-likeness (QED) is 0.621. The van der Waals surface area contributed by atoms with E-state index in [2.05, 4.69) is 30.0 Å². The first kappa shape index (κ1) is 15.8. The Labute approximate surface area is 128 Å². The number of aryl methyl sites for hydroxylation is 1. The predicted octanol–water partition coefficient (Wildman–Crippen LogP) is 3.78. The van der Waals surface area contributed by atoms with Crippen molar-refractivity contribution in [3.05, 3.63) is 47.2 Å². The second-order valence-corrected chi connectivity index (χ2v) is 5.55. The fourth-order valence-electron chi connectivity index (χ4n) is 2.70. The van der Waals surface area contributed by atoms with Crippen LogP contribution in [0.15, 0.2) is 41.0 Å². The van der Waals surface area contributed by atoms with Crippen LogP contribution in [0.2, 0.25) is 0 Å². The van der Waals surface area contributed by atoms with E-state index in [1.165, 1.54) is 37.9 Å². The minimum absolute atomic E-state index is 0.707. The number of hydrogen-bond donors (Lipinski definition) is 0. The summed E-state index contributed by atoms with van der Waals surface area (Å²) in [4.78, 5) is 7.23. The molecule has 0 atom stereocenters. The van der Waals surface area contributed by atoms with Crippen LogP contribution in [0.3, 0.4) is 0 Å². The standard InChI is InChI=1S/C18H26N2O/c1-4-16(14-20-12-8-5-9-13-20)19-18(21-3)17-11-7-6-10-15(17)2/h4,6-7,10-11H,5,8-9,12-14H2,1-3H3/b16-4+,19-18-.